The molecule has 0 radical (unpaired) electrons. The number of aromatic nitrogens is 3. The number of amides is 1. The fourth-order valence-electron chi connectivity index (χ4n) is 4.12. The number of fused-ring (bicyclic) bond motifs is 1. The summed E-state index contributed by atoms with van der Waals surface area (Å²) >= 11 is 0. The Morgan fingerprint density at radius 3 is 2.88 bits per heavy atom. The minimum Gasteiger partial charge on any atom is -0.385 e. The third kappa shape index (κ3) is 4.71. The van der Waals surface area contributed by atoms with E-state index in [-0.39, 0.29) is 11.7 Å². The van der Waals surface area contributed by atoms with Crippen LogP contribution in [-0.2, 0) is 24.2 Å². The highest BCUT2D eigenvalue weighted by Gasteiger charge is 2.23. The number of hydrogen-bond acceptors (Lipinski definition) is 5. The Balaban J connectivity index is 1.51. The Bertz CT molecular complexity index is 1100. The number of methoxy groups -OCH3 is 1. The number of rotatable bonds is 8. The molecular weight excluding hydrogens is 409 g/mol. The molecule has 0 spiro atoms. The normalized spacial score (nSPS) is 13.7. The summed E-state index contributed by atoms with van der Waals surface area (Å²) < 4.78 is 20.8. The van der Waals surface area contributed by atoms with Gasteiger partial charge in [0.15, 0.2) is 5.69 Å². The number of ether oxygens (including phenoxy) is 1. The average Bonchev–Trinajstić information content (AvgIpc) is 3.19. The van der Waals surface area contributed by atoms with Crippen molar-refractivity contribution in [1.82, 2.24) is 25.2 Å². The lowest BCUT2D eigenvalue weighted by molar-refractivity contribution is 0.0943. The molecule has 168 valence electrons. The van der Waals surface area contributed by atoms with E-state index in [0.29, 0.717) is 36.6 Å². The predicted octanol–water partition coefficient (Wildman–Crippen LogP) is 3.04. The second kappa shape index (κ2) is 10.0. The van der Waals surface area contributed by atoms with Crippen molar-refractivity contribution in [3.63, 3.8) is 0 Å². The van der Waals surface area contributed by atoms with Gasteiger partial charge in [-0.1, -0.05) is 35.5 Å². The zero-order valence-electron chi connectivity index (χ0n) is 18.5. The molecule has 1 N–H and O–H groups in total. The largest absolute Gasteiger partial charge is 0.385 e. The van der Waals surface area contributed by atoms with Gasteiger partial charge in [0.25, 0.3) is 5.91 Å². The maximum Gasteiger partial charge on any atom is 0.273 e. The van der Waals surface area contributed by atoms with Gasteiger partial charge in [0.2, 0.25) is 0 Å². The van der Waals surface area contributed by atoms with Gasteiger partial charge in [0.1, 0.15) is 5.82 Å². The second-order valence-corrected chi connectivity index (χ2v) is 8.00. The van der Waals surface area contributed by atoms with E-state index in [1.165, 1.54) is 17.2 Å². The lowest BCUT2D eigenvalue weighted by Gasteiger charge is -2.30. The van der Waals surface area contributed by atoms with Crippen molar-refractivity contribution < 1.29 is 13.9 Å². The number of benzene rings is 2. The van der Waals surface area contributed by atoms with Gasteiger partial charge >= 0.3 is 0 Å². The van der Waals surface area contributed by atoms with Crippen molar-refractivity contribution >= 4 is 5.91 Å². The number of nitrogens with one attached hydrogen (secondary N) is 1. The summed E-state index contributed by atoms with van der Waals surface area (Å²) in [6.45, 7) is 5.10. The molecule has 32 heavy (non-hydrogen) atoms. The lowest BCUT2D eigenvalue weighted by atomic mass is 9.97. The van der Waals surface area contributed by atoms with Crippen molar-refractivity contribution in [3.8, 4) is 5.69 Å². The molecule has 1 aliphatic heterocycles. The molecule has 0 saturated carbocycles. The van der Waals surface area contributed by atoms with E-state index >= 15 is 0 Å². The van der Waals surface area contributed by atoms with Crippen molar-refractivity contribution in [2.75, 3.05) is 26.8 Å². The number of carbonyl (C=O) groups is 1. The van der Waals surface area contributed by atoms with E-state index in [2.05, 4.69) is 26.6 Å². The van der Waals surface area contributed by atoms with Gasteiger partial charge in [-0.3, -0.25) is 9.69 Å². The van der Waals surface area contributed by atoms with E-state index in [4.69, 9.17) is 4.74 Å². The smallest absolute Gasteiger partial charge is 0.273 e. The highest BCUT2D eigenvalue weighted by atomic mass is 19.1. The van der Waals surface area contributed by atoms with Crippen LogP contribution in [0.1, 0.15) is 39.3 Å². The zero-order chi connectivity index (χ0) is 22.5. The number of nitrogens with zero attached hydrogens (tertiary/aromatic N) is 4. The number of carbonyl (C=O) groups excluding carboxylic acids is 1. The molecule has 0 bridgehead atoms. The van der Waals surface area contributed by atoms with E-state index in [0.717, 1.165) is 31.6 Å². The van der Waals surface area contributed by atoms with Crippen LogP contribution in [0, 0.1) is 12.7 Å². The molecule has 2 aromatic carbocycles. The van der Waals surface area contributed by atoms with Gasteiger partial charge in [-0.05, 0) is 43.0 Å². The minimum atomic E-state index is -0.231. The molecule has 2 heterocycles. The first-order valence-electron chi connectivity index (χ1n) is 10.8. The molecule has 0 atom stereocenters. The fraction of sp³-hybridized carbons (Fsp3) is 0.375. The molecule has 0 saturated heterocycles. The molecule has 4 rings (SSSR count). The molecule has 1 amide bonds. The van der Waals surface area contributed by atoms with Gasteiger partial charge in [-0.2, -0.15) is 0 Å². The highest BCUT2D eigenvalue weighted by Crippen LogP contribution is 2.27. The van der Waals surface area contributed by atoms with Crippen LogP contribution in [0.3, 0.4) is 0 Å². The first-order chi connectivity index (χ1) is 15.6. The Morgan fingerprint density at radius 1 is 1.22 bits per heavy atom. The standard InChI is InChI=1S/C24H28FN5O2/c1-17-23(24(31)26-12-6-14-32-2)27-28-30(17)22-10-5-8-18-15-29(13-11-20(18)22)16-19-7-3-4-9-21(19)25/h3-5,7-10H,6,11-16H2,1-2H3,(H,26,31). The fourth-order valence-corrected chi connectivity index (χ4v) is 4.12. The van der Waals surface area contributed by atoms with Crippen LogP contribution in [-0.4, -0.2) is 52.6 Å². The Kier molecular flexibility index (Phi) is 6.92. The van der Waals surface area contributed by atoms with Crippen LogP contribution < -0.4 is 5.32 Å². The van der Waals surface area contributed by atoms with E-state index in [1.54, 1.807) is 17.9 Å². The van der Waals surface area contributed by atoms with E-state index < -0.39 is 0 Å². The van der Waals surface area contributed by atoms with Gasteiger partial charge in [0, 0.05) is 45.5 Å². The first kappa shape index (κ1) is 22.1. The average molecular weight is 438 g/mol. The minimum absolute atomic E-state index is 0.168. The molecule has 0 fully saturated rings. The molecule has 3 aromatic rings. The Labute approximate surface area is 187 Å². The van der Waals surface area contributed by atoms with Crippen molar-refractivity contribution in [3.05, 3.63) is 76.4 Å². The third-order valence-electron chi connectivity index (χ3n) is 5.82. The molecule has 7 nitrogen and oxygen atoms in total. The van der Waals surface area contributed by atoms with Crippen LogP contribution in [0.15, 0.2) is 42.5 Å². The SMILES string of the molecule is COCCCNC(=O)c1nnn(-c2cccc3c2CCN(Cc2ccccc2F)C3)c1C. The molecule has 0 unspecified atom stereocenters. The highest BCUT2D eigenvalue weighted by molar-refractivity contribution is 5.93. The van der Waals surface area contributed by atoms with Crippen LogP contribution in [0.25, 0.3) is 5.69 Å². The number of halogens is 1. The summed E-state index contributed by atoms with van der Waals surface area (Å²) in [7, 11) is 1.64. The molecule has 1 aliphatic rings. The maximum atomic E-state index is 14.1. The second-order valence-electron chi connectivity index (χ2n) is 8.00. The summed E-state index contributed by atoms with van der Waals surface area (Å²) in [5.41, 5.74) is 5.06. The summed E-state index contributed by atoms with van der Waals surface area (Å²) in [5, 5.41) is 11.3. The molecule has 0 aliphatic carbocycles. The van der Waals surface area contributed by atoms with E-state index in [1.807, 2.05) is 31.2 Å². The summed E-state index contributed by atoms with van der Waals surface area (Å²) in [4.78, 5) is 14.7. The van der Waals surface area contributed by atoms with Gasteiger partial charge in [-0.25, -0.2) is 9.07 Å². The monoisotopic (exact) mass is 437 g/mol. The Morgan fingerprint density at radius 2 is 2.06 bits per heavy atom. The molecular formula is C24H28FN5O2. The summed E-state index contributed by atoms with van der Waals surface area (Å²) in [6.07, 6.45) is 1.56. The quantitative estimate of drug-likeness (QED) is 0.549. The lowest BCUT2D eigenvalue weighted by Crippen LogP contribution is -2.31. The van der Waals surface area contributed by atoms with Crippen LogP contribution in [0.5, 0.6) is 0 Å². The van der Waals surface area contributed by atoms with Crippen LogP contribution >= 0.6 is 0 Å². The Hall–Kier alpha value is -3.10. The van der Waals surface area contributed by atoms with Crippen LogP contribution in [0.2, 0.25) is 0 Å². The first-order valence-corrected chi connectivity index (χ1v) is 10.8. The molecule has 8 heteroatoms. The third-order valence-corrected chi connectivity index (χ3v) is 5.82. The molecule has 1 aromatic heterocycles. The topological polar surface area (TPSA) is 72.3 Å². The maximum absolute atomic E-state index is 14.1. The van der Waals surface area contributed by atoms with Gasteiger partial charge in [-0.15, -0.1) is 5.10 Å². The zero-order valence-corrected chi connectivity index (χ0v) is 18.5. The van der Waals surface area contributed by atoms with Crippen molar-refractivity contribution in [2.24, 2.45) is 0 Å². The van der Waals surface area contributed by atoms with Crippen molar-refractivity contribution in [2.45, 2.75) is 32.9 Å². The van der Waals surface area contributed by atoms with Crippen molar-refractivity contribution in [1.29, 1.82) is 0 Å². The number of hydrogen-bond donors (Lipinski definition) is 1. The summed E-state index contributed by atoms with van der Waals surface area (Å²) in [5.74, 6) is -0.399. The van der Waals surface area contributed by atoms with Crippen LogP contribution in [0.4, 0.5) is 4.39 Å². The van der Waals surface area contributed by atoms with Gasteiger partial charge < -0.3 is 10.1 Å². The summed E-state index contributed by atoms with van der Waals surface area (Å²) in [6, 6.07) is 13.0. The predicted molar refractivity (Wildman–Crippen MR) is 119 cm³/mol. The van der Waals surface area contributed by atoms with E-state index in [9.17, 15) is 9.18 Å². The van der Waals surface area contributed by atoms with Gasteiger partial charge in [0.05, 0.1) is 11.4 Å².